The molecular weight excluding hydrogens is 252 g/mol. The van der Waals surface area contributed by atoms with E-state index in [9.17, 15) is 5.11 Å². The molecule has 0 amide bonds. The average molecular weight is 287 g/mol. The Hall–Kier alpha value is -0.123. The highest BCUT2D eigenvalue weighted by Crippen LogP contribution is 2.42. The fourth-order valence-electron chi connectivity index (χ4n) is 3.31. The first kappa shape index (κ1) is 18.9. The lowest BCUT2D eigenvalue weighted by atomic mass is 10.1. The van der Waals surface area contributed by atoms with Crippen molar-refractivity contribution in [1.82, 2.24) is 0 Å². The second kappa shape index (κ2) is 8.23. The summed E-state index contributed by atoms with van der Waals surface area (Å²) < 4.78 is 6.40. The second-order valence-corrected chi connectivity index (χ2v) is 12.0. The first-order chi connectivity index (χ1) is 8.70. The molecule has 2 atom stereocenters. The predicted molar refractivity (Wildman–Crippen MR) is 87.0 cm³/mol. The number of hydrogen-bond acceptors (Lipinski definition) is 2. The quantitative estimate of drug-likeness (QED) is 0.515. The molecule has 0 spiro atoms. The minimum absolute atomic E-state index is 0.156. The topological polar surface area (TPSA) is 29.5 Å². The van der Waals surface area contributed by atoms with E-state index in [1.165, 1.54) is 0 Å². The van der Waals surface area contributed by atoms with E-state index in [4.69, 9.17) is 4.43 Å². The number of aliphatic hydroxyl groups excluding tert-OH is 1. The van der Waals surface area contributed by atoms with Gasteiger partial charge in [-0.05, 0) is 23.5 Å². The van der Waals surface area contributed by atoms with Crippen LogP contribution >= 0.6 is 0 Å². The van der Waals surface area contributed by atoms with Crippen LogP contribution in [0.2, 0.25) is 16.6 Å². The van der Waals surface area contributed by atoms with Crippen molar-refractivity contribution < 1.29 is 9.53 Å². The van der Waals surface area contributed by atoms with Crippen LogP contribution < -0.4 is 0 Å². The first-order valence-corrected chi connectivity index (χ1v) is 9.78. The van der Waals surface area contributed by atoms with Gasteiger partial charge in [0.05, 0.1) is 12.7 Å². The second-order valence-electron chi connectivity index (χ2n) is 6.58. The first-order valence-electron chi connectivity index (χ1n) is 7.64. The van der Waals surface area contributed by atoms with Gasteiger partial charge in [-0.25, -0.2) is 0 Å². The van der Waals surface area contributed by atoms with Gasteiger partial charge in [0.2, 0.25) is 0 Å². The normalized spacial score (nSPS) is 16.8. The standard InChI is InChI=1S/C16H34O2Si/c1-9-10-15(8)16(17)11-18-19(12(2)3,13(4)5)14(6)7/h9-10,12-17H,11H2,1-8H3/b10-9-/t15-,16-/m1/s1. The molecule has 0 aromatic carbocycles. The van der Waals surface area contributed by atoms with Gasteiger partial charge < -0.3 is 9.53 Å². The van der Waals surface area contributed by atoms with E-state index in [1.807, 2.05) is 26.0 Å². The predicted octanol–water partition coefficient (Wildman–Crippen LogP) is 4.75. The zero-order chi connectivity index (χ0) is 15.2. The van der Waals surface area contributed by atoms with Crippen molar-refractivity contribution in [1.29, 1.82) is 0 Å². The lowest BCUT2D eigenvalue weighted by molar-refractivity contribution is 0.0710. The van der Waals surface area contributed by atoms with E-state index in [1.54, 1.807) is 0 Å². The molecule has 0 unspecified atom stereocenters. The van der Waals surface area contributed by atoms with Gasteiger partial charge in [0, 0.05) is 5.92 Å². The van der Waals surface area contributed by atoms with Crippen LogP contribution in [0.1, 0.15) is 55.4 Å². The molecule has 0 aliphatic carbocycles. The molecule has 0 fully saturated rings. The Morgan fingerprint density at radius 3 is 1.68 bits per heavy atom. The van der Waals surface area contributed by atoms with Crippen LogP contribution in [0.3, 0.4) is 0 Å². The molecule has 0 radical (unpaired) electrons. The van der Waals surface area contributed by atoms with Crippen molar-refractivity contribution in [3.05, 3.63) is 12.2 Å². The maximum absolute atomic E-state index is 10.2. The van der Waals surface area contributed by atoms with Crippen molar-refractivity contribution >= 4 is 8.32 Å². The Morgan fingerprint density at radius 2 is 1.37 bits per heavy atom. The molecule has 0 aromatic heterocycles. The molecule has 0 saturated carbocycles. The summed E-state index contributed by atoms with van der Waals surface area (Å²) >= 11 is 0. The highest BCUT2D eigenvalue weighted by Gasteiger charge is 2.45. The molecular formula is C16H34O2Si. The smallest absolute Gasteiger partial charge is 0.200 e. The summed E-state index contributed by atoms with van der Waals surface area (Å²) in [6, 6.07) is 0. The highest BCUT2D eigenvalue weighted by molar-refractivity contribution is 6.77. The van der Waals surface area contributed by atoms with Gasteiger partial charge in [0.1, 0.15) is 0 Å². The van der Waals surface area contributed by atoms with E-state index >= 15 is 0 Å². The zero-order valence-electron chi connectivity index (χ0n) is 14.1. The third kappa shape index (κ3) is 4.73. The van der Waals surface area contributed by atoms with Crippen molar-refractivity contribution in [2.45, 2.75) is 78.1 Å². The van der Waals surface area contributed by atoms with E-state index in [2.05, 4.69) is 41.5 Å². The van der Waals surface area contributed by atoms with E-state index in [0.717, 1.165) is 0 Å². The molecule has 19 heavy (non-hydrogen) atoms. The molecule has 0 aliphatic heterocycles. The molecule has 2 nitrogen and oxygen atoms in total. The Bertz CT molecular complexity index is 250. The van der Waals surface area contributed by atoms with Crippen molar-refractivity contribution in [2.75, 3.05) is 6.61 Å². The molecule has 0 aromatic rings. The minimum atomic E-state index is -1.84. The summed E-state index contributed by atoms with van der Waals surface area (Å²) in [6.07, 6.45) is 3.63. The lowest BCUT2D eigenvalue weighted by Crippen LogP contribution is -2.49. The van der Waals surface area contributed by atoms with Gasteiger partial charge >= 0.3 is 0 Å². The summed E-state index contributed by atoms with van der Waals surface area (Å²) in [5, 5.41) is 10.2. The molecule has 1 N–H and O–H groups in total. The van der Waals surface area contributed by atoms with E-state index in [0.29, 0.717) is 23.2 Å². The largest absolute Gasteiger partial charge is 0.413 e. The van der Waals surface area contributed by atoms with Gasteiger partial charge in [0.25, 0.3) is 0 Å². The third-order valence-electron chi connectivity index (χ3n) is 4.31. The fraction of sp³-hybridized carbons (Fsp3) is 0.875. The monoisotopic (exact) mass is 286 g/mol. The Labute approximate surface area is 121 Å². The molecule has 0 rings (SSSR count). The van der Waals surface area contributed by atoms with Crippen molar-refractivity contribution in [2.24, 2.45) is 5.92 Å². The molecule has 0 heterocycles. The summed E-state index contributed by atoms with van der Waals surface area (Å²) in [7, 11) is -1.84. The van der Waals surface area contributed by atoms with Crippen molar-refractivity contribution in [3.63, 3.8) is 0 Å². The lowest BCUT2D eigenvalue weighted by Gasteiger charge is -2.42. The number of hydrogen-bond donors (Lipinski definition) is 1. The van der Waals surface area contributed by atoms with Gasteiger partial charge in [-0.3, -0.25) is 0 Å². The molecule has 3 heteroatoms. The van der Waals surface area contributed by atoms with Gasteiger partial charge in [-0.15, -0.1) is 0 Å². The van der Waals surface area contributed by atoms with Crippen LogP contribution in [0.5, 0.6) is 0 Å². The SMILES string of the molecule is C/C=C\[C@@H](C)[C@H](O)CO[Si](C(C)C)(C(C)C)C(C)C. The van der Waals surface area contributed by atoms with Crippen molar-refractivity contribution in [3.8, 4) is 0 Å². The molecule has 0 saturated heterocycles. The third-order valence-corrected chi connectivity index (χ3v) is 10.4. The average Bonchev–Trinajstić information content (AvgIpc) is 2.28. The summed E-state index contributed by atoms with van der Waals surface area (Å²) in [5.41, 5.74) is 1.70. The summed E-state index contributed by atoms with van der Waals surface area (Å²) in [6.45, 7) is 18.1. The van der Waals surface area contributed by atoms with Crippen LogP contribution in [-0.4, -0.2) is 26.1 Å². The minimum Gasteiger partial charge on any atom is -0.413 e. The summed E-state index contributed by atoms with van der Waals surface area (Å²) in [4.78, 5) is 0. The molecule has 0 bridgehead atoms. The van der Waals surface area contributed by atoms with Crippen LogP contribution in [0, 0.1) is 5.92 Å². The van der Waals surface area contributed by atoms with Crippen LogP contribution in [0.25, 0.3) is 0 Å². The number of allylic oxidation sites excluding steroid dienone is 1. The Morgan fingerprint density at radius 1 is 0.947 bits per heavy atom. The highest BCUT2D eigenvalue weighted by atomic mass is 28.4. The summed E-state index contributed by atoms with van der Waals surface area (Å²) in [5.74, 6) is 0.156. The van der Waals surface area contributed by atoms with Gasteiger partial charge in [0.15, 0.2) is 8.32 Å². The zero-order valence-corrected chi connectivity index (χ0v) is 15.1. The fourth-order valence-corrected chi connectivity index (χ4v) is 8.77. The van der Waals surface area contributed by atoms with E-state index in [-0.39, 0.29) is 5.92 Å². The van der Waals surface area contributed by atoms with Gasteiger partial charge in [-0.1, -0.05) is 60.6 Å². The maximum Gasteiger partial charge on any atom is 0.200 e. The maximum atomic E-state index is 10.2. The van der Waals surface area contributed by atoms with Gasteiger partial charge in [-0.2, -0.15) is 0 Å². The van der Waals surface area contributed by atoms with E-state index < -0.39 is 14.4 Å². The Kier molecular flexibility index (Phi) is 8.17. The molecule has 0 aliphatic rings. The Balaban J connectivity index is 4.86. The van der Waals surface area contributed by atoms with Crippen LogP contribution in [0.4, 0.5) is 0 Å². The molecule has 114 valence electrons. The van der Waals surface area contributed by atoms with Crippen LogP contribution in [0.15, 0.2) is 12.2 Å². The van der Waals surface area contributed by atoms with Crippen LogP contribution in [-0.2, 0) is 4.43 Å². The number of aliphatic hydroxyl groups is 1. The number of rotatable bonds is 8.